The highest BCUT2D eigenvalue weighted by Crippen LogP contribution is 2.44. The number of nitrogens with one attached hydrogen (secondary N) is 2. The minimum Gasteiger partial charge on any atom is -0.480 e. The van der Waals surface area contributed by atoms with E-state index in [9.17, 15) is 19.5 Å². The van der Waals surface area contributed by atoms with Gasteiger partial charge in [0.25, 0.3) is 0 Å². The molecular formula is C26H27N3O5S. The molecule has 1 heterocycles. The Balaban J connectivity index is 1.30. The van der Waals surface area contributed by atoms with Crippen molar-refractivity contribution in [3.63, 3.8) is 0 Å². The van der Waals surface area contributed by atoms with Crippen LogP contribution in [0.3, 0.4) is 0 Å². The van der Waals surface area contributed by atoms with Gasteiger partial charge in [0.05, 0.1) is 12.1 Å². The summed E-state index contributed by atoms with van der Waals surface area (Å²) in [6.45, 7) is 2.15. The van der Waals surface area contributed by atoms with Gasteiger partial charge in [0.1, 0.15) is 12.6 Å². The van der Waals surface area contributed by atoms with Gasteiger partial charge in [0, 0.05) is 11.3 Å². The van der Waals surface area contributed by atoms with Gasteiger partial charge in [-0.05, 0) is 28.7 Å². The number of carboxylic acids is 1. The van der Waals surface area contributed by atoms with E-state index in [0.717, 1.165) is 28.7 Å². The molecule has 3 N–H and O–H groups in total. The van der Waals surface area contributed by atoms with Crippen molar-refractivity contribution in [3.8, 4) is 11.1 Å². The number of hydrogen-bond donors (Lipinski definition) is 3. The first-order valence-electron chi connectivity index (χ1n) is 11.5. The number of carboxylic acid groups (broad SMARTS) is 1. The second-order valence-corrected chi connectivity index (χ2v) is 9.23. The number of nitrogens with zero attached hydrogens (tertiary/aromatic N) is 1. The number of benzene rings is 2. The topological polar surface area (TPSA) is 118 Å². The molecule has 1 aromatic heterocycles. The summed E-state index contributed by atoms with van der Waals surface area (Å²) in [6.07, 6.45) is 1.24. The standard InChI is InChI=1S/C26H27N3O5S/c1-2-3-12-22(24(31)32)28-23(30)13-16-15-35-25(27-16)29-26(33)34-14-21-19-10-6-4-8-17(19)18-9-5-7-11-20(18)21/h4-11,15,21-22H,2-3,12-14H2,1H3,(H,28,30)(H,31,32)(H,27,29,33). The molecule has 1 aliphatic carbocycles. The SMILES string of the molecule is CCCCC(NC(=O)Cc1csc(NC(=O)OCC2c3ccccc3-c3ccccc32)n1)C(=O)O. The number of ether oxygens (including phenoxy) is 1. The molecule has 4 rings (SSSR count). The Morgan fingerprint density at radius 1 is 1.09 bits per heavy atom. The van der Waals surface area contributed by atoms with Crippen LogP contribution in [0.15, 0.2) is 53.9 Å². The first-order chi connectivity index (χ1) is 17.0. The van der Waals surface area contributed by atoms with Crippen LogP contribution in [0.2, 0.25) is 0 Å². The number of thiazole rings is 1. The number of anilines is 1. The fourth-order valence-corrected chi connectivity index (χ4v) is 4.94. The van der Waals surface area contributed by atoms with Gasteiger partial charge in [0.15, 0.2) is 5.13 Å². The van der Waals surface area contributed by atoms with Crippen LogP contribution in [0.25, 0.3) is 11.1 Å². The van der Waals surface area contributed by atoms with Crippen LogP contribution in [0.5, 0.6) is 0 Å². The number of fused-ring (bicyclic) bond motifs is 3. The zero-order valence-corrected chi connectivity index (χ0v) is 20.1. The Morgan fingerprint density at radius 3 is 2.37 bits per heavy atom. The maximum absolute atomic E-state index is 12.4. The third-order valence-electron chi connectivity index (χ3n) is 5.93. The molecule has 0 fully saturated rings. The fraction of sp³-hybridized carbons (Fsp3) is 0.308. The molecule has 0 aliphatic heterocycles. The van der Waals surface area contributed by atoms with Crippen LogP contribution < -0.4 is 10.6 Å². The van der Waals surface area contributed by atoms with Gasteiger partial charge in [-0.2, -0.15) is 0 Å². The van der Waals surface area contributed by atoms with Crippen LogP contribution in [-0.4, -0.2) is 40.7 Å². The zero-order chi connectivity index (χ0) is 24.8. The summed E-state index contributed by atoms with van der Waals surface area (Å²) in [6, 6.07) is 15.3. The van der Waals surface area contributed by atoms with Crippen molar-refractivity contribution < 1.29 is 24.2 Å². The number of aliphatic carboxylic acids is 1. The van der Waals surface area contributed by atoms with E-state index in [-0.39, 0.29) is 18.9 Å². The van der Waals surface area contributed by atoms with E-state index in [1.54, 1.807) is 5.38 Å². The van der Waals surface area contributed by atoms with Gasteiger partial charge in [-0.15, -0.1) is 11.3 Å². The quantitative estimate of drug-likeness (QED) is 0.373. The highest BCUT2D eigenvalue weighted by molar-refractivity contribution is 7.13. The number of unbranched alkanes of at least 4 members (excludes halogenated alkanes) is 1. The molecule has 0 saturated carbocycles. The van der Waals surface area contributed by atoms with Gasteiger partial charge >= 0.3 is 12.1 Å². The van der Waals surface area contributed by atoms with Crippen LogP contribution in [0, 0.1) is 0 Å². The van der Waals surface area contributed by atoms with E-state index in [0.29, 0.717) is 23.7 Å². The van der Waals surface area contributed by atoms with Crippen LogP contribution in [0.1, 0.15) is 48.9 Å². The van der Waals surface area contributed by atoms with Gasteiger partial charge in [0.2, 0.25) is 5.91 Å². The number of aromatic nitrogens is 1. The monoisotopic (exact) mass is 493 g/mol. The molecule has 3 aromatic rings. The van der Waals surface area contributed by atoms with E-state index in [1.807, 2.05) is 31.2 Å². The average molecular weight is 494 g/mol. The normalized spacial score (nSPS) is 12.9. The van der Waals surface area contributed by atoms with Gasteiger partial charge < -0.3 is 15.2 Å². The molecule has 1 unspecified atom stereocenters. The second kappa shape index (κ2) is 11.1. The third kappa shape index (κ3) is 5.86. The molecular weight excluding hydrogens is 466 g/mol. The molecule has 8 nitrogen and oxygen atoms in total. The lowest BCUT2D eigenvalue weighted by Gasteiger charge is -2.14. The molecule has 0 bridgehead atoms. The van der Waals surface area contributed by atoms with Crippen molar-refractivity contribution in [2.75, 3.05) is 11.9 Å². The molecule has 1 aliphatic rings. The predicted molar refractivity (Wildman–Crippen MR) is 134 cm³/mol. The molecule has 0 radical (unpaired) electrons. The highest BCUT2D eigenvalue weighted by Gasteiger charge is 2.29. The molecule has 2 aromatic carbocycles. The molecule has 9 heteroatoms. The molecule has 0 saturated heterocycles. The average Bonchev–Trinajstić information content (AvgIpc) is 3.41. The van der Waals surface area contributed by atoms with Crippen molar-refractivity contribution >= 4 is 34.4 Å². The summed E-state index contributed by atoms with van der Waals surface area (Å²) < 4.78 is 5.52. The van der Waals surface area contributed by atoms with E-state index in [1.165, 1.54) is 11.3 Å². The fourth-order valence-electron chi connectivity index (χ4n) is 4.24. The molecule has 182 valence electrons. The molecule has 35 heavy (non-hydrogen) atoms. The minimum absolute atomic E-state index is 0.0430. The van der Waals surface area contributed by atoms with E-state index in [4.69, 9.17) is 4.74 Å². The van der Waals surface area contributed by atoms with Gasteiger partial charge in [-0.25, -0.2) is 14.6 Å². The first kappa shape index (κ1) is 24.4. The Hall–Kier alpha value is -3.72. The Morgan fingerprint density at radius 2 is 1.74 bits per heavy atom. The Kier molecular flexibility index (Phi) is 7.77. The number of amides is 2. The lowest BCUT2D eigenvalue weighted by molar-refractivity contribution is -0.142. The smallest absolute Gasteiger partial charge is 0.413 e. The molecule has 0 spiro atoms. The van der Waals surface area contributed by atoms with Crippen molar-refractivity contribution in [2.24, 2.45) is 0 Å². The summed E-state index contributed by atoms with van der Waals surface area (Å²) in [7, 11) is 0. The second-order valence-electron chi connectivity index (χ2n) is 8.37. The van der Waals surface area contributed by atoms with Crippen molar-refractivity contribution in [1.29, 1.82) is 0 Å². The Labute approximate surface area is 207 Å². The zero-order valence-electron chi connectivity index (χ0n) is 19.3. The van der Waals surface area contributed by atoms with E-state index >= 15 is 0 Å². The summed E-state index contributed by atoms with van der Waals surface area (Å²) in [5, 5.41) is 16.4. The van der Waals surface area contributed by atoms with Crippen LogP contribution in [-0.2, 0) is 20.7 Å². The van der Waals surface area contributed by atoms with Crippen LogP contribution >= 0.6 is 11.3 Å². The maximum atomic E-state index is 12.4. The highest BCUT2D eigenvalue weighted by atomic mass is 32.1. The maximum Gasteiger partial charge on any atom is 0.413 e. The number of hydrogen-bond acceptors (Lipinski definition) is 6. The number of carbonyl (C=O) groups excluding carboxylic acids is 2. The minimum atomic E-state index is -1.05. The lowest BCUT2D eigenvalue weighted by Crippen LogP contribution is -2.41. The van der Waals surface area contributed by atoms with Crippen molar-refractivity contribution in [3.05, 3.63) is 70.7 Å². The largest absolute Gasteiger partial charge is 0.480 e. The van der Waals surface area contributed by atoms with Crippen LogP contribution in [0.4, 0.5) is 9.93 Å². The molecule has 1 atom stereocenters. The summed E-state index contributed by atoms with van der Waals surface area (Å²) >= 11 is 1.17. The number of carbonyl (C=O) groups is 3. The molecule has 2 amide bonds. The summed E-state index contributed by atoms with van der Waals surface area (Å²) in [5.74, 6) is -1.52. The van der Waals surface area contributed by atoms with Gasteiger partial charge in [-0.1, -0.05) is 68.3 Å². The van der Waals surface area contributed by atoms with Gasteiger partial charge in [-0.3, -0.25) is 10.1 Å². The van der Waals surface area contributed by atoms with Crippen molar-refractivity contribution in [1.82, 2.24) is 10.3 Å². The summed E-state index contributed by atoms with van der Waals surface area (Å²) in [4.78, 5) is 40.3. The number of rotatable bonds is 10. The lowest BCUT2D eigenvalue weighted by atomic mass is 9.98. The Bertz CT molecular complexity index is 1180. The first-order valence-corrected chi connectivity index (χ1v) is 12.4. The van der Waals surface area contributed by atoms with Crippen molar-refractivity contribution in [2.45, 2.75) is 44.6 Å². The van der Waals surface area contributed by atoms with E-state index in [2.05, 4.69) is 39.9 Å². The predicted octanol–water partition coefficient (Wildman–Crippen LogP) is 4.81. The summed E-state index contributed by atoms with van der Waals surface area (Å²) in [5.41, 5.74) is 5.01. The van der Waals surface area contributed by atoms with E-state index < -0.39 is 24.0 Å². The third-order valence-corrected chi connectivity index (χ3v) is 6.73.